The number of fused-ring (bicyclic) bond motifs is 1. The van der Waals surface area contributed by atoms with Crippen LogP contribution >= 0.6 is 11.8 Å². The van der Waals surface area contributed by atoms with E-state index < -0.39 is 0 Å². The molecule has 1 aliphatic rings. The van der Waals surface area contributed by atoms with Crippen LogP contribution in [0.2, 0.25) is 0 Å². The van der Waals surface area contributed by atoms with Crippen LogP contribution in [0.3, 0.4) is 0 Å². The molecule has 0 aromatic heterocycles. The minimum atomic E-state index is -0.170. The van der Waals surface area contributed by atoms with Gasteiger partial charge >= 0.3 is 0 Å². The molecule has 0 amide bonds. The highest BCUT2D eigenvalue weighted by Crippen LogP contribution is 2.38. The van der Waals surface area contributed by atoms with Crippen molar-refractivity contribution in [2.24, 2.45) is 5.41 Å². The standard InChI is InChI=1S/C12H16FNS/c1-12(2,3)11-7-15-10-5-4-8(13)6-9(10)14-11/h4-6,11,14H,7H2,1-3H3. The van der Waals surface area contributed by atoms with Gasteiger partial charge in [-0.1, -0.05) is 20.8 Å². The normalized spacial score (nSPS) is 20.7. The first-order valence-electron chi connectivity index (χ1n) is 5.16. The van der Waals surface area contributed by atoms with E-state index in [1.54, 1.807) is 17.8 Å². The quantitative estimate of drug-likeness (QED) is 0.721. The maximum atomic E-state index is 13.1. The molecule has 1 heterocycles. The first-order valence-corrected chi connectivity index (χ1v) is 6.14. The average molecular weight is 225 g/mol. The van der Waals surface area contributed by atoms with Crippen LogP contribution in [0.25, 0.3) is 0 Å². The summed E-state index contributed by atoms with van der Waals surface area (Å²) < 4.78 is 13.1. The van der Waals surface area contributed by atoms with Gasteiger partial charge in [-0.15, -0.1) is 11.8 Å². The molecule has 0 bridgehead atoms. The Morgan fingerprint density at radius 2 is 2.13 bits per heavy atom. The SMILES string of the molecule is CC(C)(C)C1CSc2ccc(F)cc2N1. The van der Waals surface area contributed by atoms with Crippen LogP contribution < -0.4 is 5.32 Å². The van der Waals surface area contributed by atoms with Gasteiger partial charge in [0.25, 0.3) is 0 Å². The van der Waals surface area contributed by atoms with Gasteiger partial charge in [0.2, 0.25) is 0 Å². The summed E-state index contributed by atoms with van der Waals surface area (Å²) in [5, 5.41) is 3.42. The fourth-order valence-corrected chi connectivity index (χ4v) is 2.98. The molecular formula is C12H16FNS. The predicted molar refractivity (Wildman–Crippen MR) is 64.0 cm³/mol. The molecule has 1 N–H and O–H groups in total. The van der Waals surface area contributed by atoms with Gasteiger partial charge in [0.05, 0.1) is 5.69 Å². The van der Waals surface area contributed by atoms with Crippen molar-refractivity contribution in [1.82, 2.24) is 0 Å². The van der Waals surface area contributed by atoms with Gasteiger partial charge in [0.15, 0.2) is 0 Å². The Hall–Kier alpha value is -0.700. The van der Waals surface area contributed by atoms with Crippen molar-refractivity contribution < 1.29 is 4.39 Å². The highest BCUT2D eigenvalue weighted by atomic mass is 32.2. The second kappa shape index (κ2) is 3.71. The van der Waals surface area contributed by atoms with Gasteiger partial charge in [0, 0.05) is 16.7 Å². The van der Waals surface area contributed by atoms with E-state index in [1.807, 2.05) is 6.07 Å². The summed E-state index contributed by atoms with van der Waals surface area (Å²) in [5.74, 6) is 0.874. The lowest BCUT2D eigenvalue weighted by atomic mass is 9.87. The monoisotopic (exact) mass is 225 g/mol. The Balaban J connectivity index is 2.26. The zero-order valence-corrected chi connectivity index (χ0v) is 10.1. The molecule has 1 aromatic rings. The maximum Gasteiger partial charge on any atom is 0.125 e. The van der Waals surface area contributed by atoms with Crippen LogP contribution in [0.5, 0.6) is 0 Å². The molecule has 3 heteroatoms. The van der Waals surface area contributed by atoms with Crippen molar-refractivity contribution in [3.63, 3.8) is 0 Å². The van der Waals surface area contributed by atoms with Crippen molar-refractivity contribution in [2.75, 3.05) is 11.1 Å². The van der Waals surface area contributed by atoms with Gasteiger partial charge in [-0.05, 0) is 23.6 Å². The highest BCUT2D eigenvalue weighted by Gasteiger charge is 2.28. The van der Waals surface area contributed by atoms with Gasteiger partial charge in [-0.25, -0.2) is 4.39 Å². The summed E-state index contributed by atoms with van der Waals surface area (Å²) in [6, 6.07) is 5.35. The summed E-state index contributed by atoms with van der Waals surface area (Å²) >= 11 is 1.80. The molecule has 0 saturated heterocycles. The van der Waals surface area contributed by atoms with Crippen LogP contribution in [-0.4, -0.2) is 11.8 Å². The third-order valence-corrected chi connectivity index (χ3v) is 3.89. The second-order valence-electron chi connectivity index (χ2n) is 5.01. The Morgan fingerprint density at radius 1 is 1.40 bits per heavy atom. The van der Waals surface area contributed by atoms with Crippen molar-refractivity contribution in [3.05, 3.63) is 24.0 Å². The number of hydrogen-bond acceptors (Lipinski definition) is 2. The molecule has 0 spiro atoms. The van der Waals surface area contributed by atoms with E-state index in [0.29, 0.717) is 6.04 Å². The average Bonchev–Trinajstić information content (AvgIpc) is 2.15. The molecule has 0 radical (unpaired) electrons. The number of benzene rings is 1. The van der Waals surface area contributed by atoms with Crippen LogP contribution in [0, 0.1) is 11.2 Å². The first kappa shape index (κ1) is 10.8. The smallest absolute Gasteiger partial charge is 0.125 e. The summed E-state index contributed by atoms with van der Waals surface area (Å²) in [4.78, 5) is 1.15. The number of hydrogen-bond donors (Lipinski definition) is 1. The molecule has 82 valence electrons. The zero-order valence-electron chi connectivity index (χ0n) is 9.30. The molecule has 15 heavy (non-hydrogen) atoms. The van der Waals surface area contributed by atoms with Crippen LogP contribution in [0.1, 0.15) is 20.8 Å². The van der Waals surface area contributed by atoms with Crippen LogP contribution in [0.4, 0.5) is 10.1 Å². The molecular weight excluding hydrogens is 209 g/mol. The third-order valence-electron chi connectivity index (χ3n) is 2.72. The van der Waals surface area contributed by atoms with E-state index in [2.05, 4.69) is 26.1 Å². The maximum absolute atomic E-state index is 13.1. The molecule has 1 unspecified atom stereocenters. The topological polar surface area (TPSA) is 12.0 Å². The molecule has 0 fully saturated rings. The number of halogens is 1. The van der Waals surface area contributed by atoms with Crippen molar-refractivity contribution in [1.29, 1.82) is 0 Å². The Labute approximate surface area is 94.5 Å². The lowest BCUT2D eigenvalue weighted by molar-refractivity contribution is 0.361. The zero-order chi connectivity index (χ0) is 11.1. The summed E-state index contributed by atoms with van der Waals surface area (Å²) in [6.45, 7) is 6.61. The van der Waals surface area contributed by atoms with Crippen molar-refractivity contribution in [2.45, 2.75) is 31.7 Å². The van der Waals surface area contributed by atoms with E-state index in [1.165, 1.54) is 6.07 Å². The van der Waals surface area contributed by atoms with Gasteiger partial charge < -0.3 is 5.32 Å². The molecule has 1 aliphatic heterocycles. The minimum Gasteiger partial charge on any atom is -0.380 e. The Morgan fingerprint density at radius 3 is 2.80 bits per heavy atom. The lowest BCUT2D eigenvalue weighted by Gasteiger charge is -2.36. The van der Waals surface area contributed by atoms with E-state index in [4.69, 9.17) is 0 Å². The lowest BCUT2D eigenvalue weighted by Crippen LogP contribution is -2.38. The van der Waals surface area contributed by atoms with Gasteiger partial charge in [-0.2, -0.15) is 0 Å². The number of nitrogens with one attached hydrogen (secondary N) is 1. The fraction of sp³-hybridized carbons (Fsp3) is 0.500. The summed E-state index contributed by atoms with van der Waals surface area (Å²) in [5.41, 5.74) is 1.14. The van der Waals surface area contributed by atoms with E-state index >= 15 is 0 Å². The largest absolute Gasteiger partial charge is 0.380 e. The van der Waals surface area contributed by atoms with Crippen LogP contribution in [0.15, 0.2) is 23.1 Å². The van der Waals surface area contributed by atoms with Gasteiger partial charge in [0.1, 0.15) is 5.82 Å². The molecule has 0 saturated carbocycles. The Bertz CT molecular complexity index is 370. The fourth-order valence-electron chi connectivity index (χ4n) is 1.61. The van der Waals surface area contributed by atoms with Crippen LogP contribution in [-0.2, 0) is 0 Å². The molecule has 1 atom stereocenters. The number of rotatable bonds is 0. The summed E-state index contributed by atoms with van der Waals surface area (Å²) in [7, 11) is 0. The van der Waals surface area contributed by atoms with Gasteiger partial charge in [-0.3, -0.25) is 0 Å². The number of thioether (sulfide) groups is 1. The minimum absolute atomic E-state index is 0.170. The second-order valence-corrected chi connectivity index (χ2v) is 6.08. The molecule has 0 aliphatic carbocycles. The van der Waals surface area contributed by atoms with E-state index in [-0.39, 0.29) is 11.2 Å². The van der Waals surface area contributed by atoms with Crippen molar-refractivity contribution >= 4 is 17.4 Å². The summed E-state index contributed by atoms with van der Waals surface area (Å²) in [6.07, 6.45) is 0. The molecule has 2 rings (SSSR count). The van der Waals surface area contributed by atoms with E-state index in [9.17, 15) is 4.39 Å². The van der Waals surface area contributed by atoms with E-state index in [0.717, 1.165) is 16.3 Å². The van der Waals surface area contributed by atoms with Crippen molar-refractivity contribution in [3.8, 4) is 0 Å². The molecule has 1 nitrogen and oxygen atoms in total. The highest BCUT2D eigenvalue weighted by molar-refractivity contribution is 7.99. The predicted octanol–water partition coefficient (Wildman–Crippen LogP) is 3.76. The number of anilines is 1. The first-order chi connectivity index (χ1) is 6.97. The molecule has 1 aromatic carbocycles. The Kier molecular flexibility index (Phi) is 2.67. The third kappa shape index (κ3) is 2.28.